The Bertz CT molecular complexity index is 511. The van der Waals surface area contributed by atoms with Crippen molar-refractivity contribution >= 4 is 20.4 Å². The van der Waals surface area contributed by atoms with Gasteiger partial charge >= 0.3 is 0 Å². The second kappa shape index (κ2) is 9.82. The molecule has 0 spiro atoms. The van der Waals surface area contributed by atoms with Gasteiger partial charge in [0, 0.05) is 5.54 Å². The average molecular weight is 397 g/mol. The highest BCUT2D eigenvalue weighted by Crippen LogP contribution is 2.72. The van der Waals surface area contributed by atoms with Crippen LogP contribution in [-0.2, 0) is 0 Å². The highest BCUT2D eigenvalue weighted by molar-refractivity contribution is 6.74. The molecule has 0 aliphatic heterocycles. The van der Waals surface area contributed by atoms with Gasteiger partial charge in [-0.3, -0.25) is 4.79 Å². The highest BCUT2D eigenvalue weighted by Gasteiger charge is 2.70. The van der Waals surface area contributed by atoms with Gasteiger partial charge in [-0.15, -0.1) is 0 Å². The van der Waals surface area contributed by atoms with Crippen LogP contribution in [0.25, 0.3) is 0 Å². The van der Waals surface area contributed by atoms with Crippen molar-refractivity contribution in [1.29, 1.82) is 0 Å². The molecule has 2 bridgehead atoms. The fraction of sp³-hybridized carbons (Fsp3) is 0.960. The van der Waals surface area contributed by atoms with E-state index in [-0.39, 0.29) is 5.54 Å². The SMILES string of the molecule is CBC1CCCC(C23CC(NC(=O)BC4CCCCCCCCC4)(C2)C3)CCC1. The Morgan fingerprint density at radius 1 is 0.724 bits per heavy atom. The molecular weight excluding hydrogens is 352 g/mol. The normalized spacial score (nSPS) is 39.1. The van der Waals surface area contributed by atoms with Crippen molar-refractivity contribution in [2.24, 2.45) is 11.3 Å². The number of amides is 1. The summed E-state index contributed by atoms with van der Waals surface area (Å²) in [5, 5.41) is 3.54. The Kier molecular flexibility index (Phi) is 7.39. The van der Waals surface area contributed by atoms with Crippen LogP contribution in [0.4, 0.5) is 4.79 Å². The topological polar surface area (TPSA) is 29.1 Å². The van der Waals surface area contributed by atoms with Crippen molar-refractivity contribution in [3.8, 4) is 0 Å². The van der Waals surface area contributed by atoms with Gasteiger partial charge < -0.3 is 5.32 Å². The maximum Gasteiger partial charge on any atom is 0.237 e. The van der Waals surface area contributed by atoms with Crippen LogP contribution < -0.4 is 5.32 Å². The minimum atomic E-state index is 0.224. The van der Waals surface area contributed by atoms with Gasteiger partial charge in [0.25, 0.3) is 0 Å². The summed E-state index contributed by atoms with van der Waals surface area (Å²) in [7, 11) is 2.18. The van der Waals surface area contributed by atoms with Crippen molar-refractivity contribution < 1.29 is 4.79 Å². The zero-order valence-corrected chi connectivity index (χ0v) is 19.3. The summed E-state index contributed by atoms with van der Waals surface area (Å²) in [6.45, 7) is 2.37. The molecule has 5 saturated carbocycles. The molecule has 1 N–H and O–H groups in total. The first-order chi connectivity index (χ1) is 14.1. The lowest BCUT2D eigenvalue weighted by Gasteiger charge is -2.74. The minimum Gasteiger partial charge on any atom is -0.360 e. The molecule has 1 amide bonds. The van der Waals surface area contributed by atoms with Crippen LogP contribution in [0.3, 0.4) is 0 Å². The summed E-state index contributed by atoms with van der Waals surface area (Å²) in [4.78, 5) is 12.8. The fourth-order valence-electron chi connectivity index (χ4n) is 7.75. The third kappa shape index (κ3) is 5.27. The van der Waals surface area contributed by atoms with E-state index in [2.05, 4.69) is 12.1 Å². The number of hydrogen-bond donors (Lipinski definition) is 1. The molecule has 0 saturated heterocycles. The first-order valence-corrected chi connectivity index (χ1v) is 13.4. The maximum absolute atomic E-state index is 12.8. The molecule has 2 nitrogen and oxygen atoms in total. The van der Waals surface area contributed by atoms with E-state index in [1.54, 1.807) is 0 Å². The molecule has 0 unspecified atom stereocenters. The molecule has 162 valence electrons. The van der Waals surface area contributed by atoms with E-state index in [0.717, 1.165) is 19.0 Å². The molecule has 5 aliphatic carbocycles. The summed E-state index contributed by atoms with van der Waals surface area (Å²) in [5.41, 5.74) is 0.851. The van der Waals surface area contributed by atoms with Gasteiger partial charge in [0.1, 0.15) is 7.28 Å². The van der Waals surface area contributed by atoms with Crippen LogP contribution in [0.2, 0.25) is 18.5 Å². The van der Waals surface area contributed by atoms with Crippen molar-refractivity contribution in [3.63, 3.8) is 0 Å². The molecule has 29 heavy (non-hydrogen) atoms. The molecular formula is C25H45B2NO. The van der Waals surface area contributed by atoms with E-state index < -0.39 is 0 Å². The van der Waals surface area contributed by atoms with Gasteiger partial charge in [-0.05, 0) is 43.4 Å². The smallest absolute Gasteiger partial charge is 0.237 e. The Hall–Kier alpha value is -0.400. The summed E-state index contributed by atoms with van der Waals surface area (Å²) < 4.78 is 0. The molecule has 0 radical (unpaired) electrons. The molecule has 0 aromatic heterocycles. The Balaban J connectivity index is 1.19. The molecule has 5 fully saturated rings. The fourth-order valence-corrected chi connectivity index (χ4v) is 7.75. The van der Waals surface area contributed by atoms with E-state index >= 15 is 0 Å². The van der Waals surface area contributed by atoms with Gasteiger partial charge in [-0.2, -0.15) is 0 Å². The first kappa shape index (κ1) is 21.8. The lowest BCUT2D eigenvalue weighted by Crippen LogP contribution is -2.76. The number of nitrogens with one attached hydrogen (secondary N) is 1. The van der Waals surface area contributed by atoms with E-state index in [0.29, 0.717) is 17.0 Å². The Morgan fingerprint density at radius 3 is 1.79 bits per heavy atom. The molecule has 5 rings (SSSR count). The van der Waals surface area contributed by atoms with Crippen molar-refractivity contribution in [3.05, 3.63) is 0 Å². The third-order valence-corrected chi connectivity index (χ3v) is 9.45. The largest absolute Gasteiger partial charge is 0.360 e. The second-order valence-corrected chi connectivity index (χ2v) is 11.7. The zero-order chi connectivity index (χ0) is 20.2. The van der Waals surface area contributed by atoms with Crippen molar-refractivity contribution in [1.82, 2.24) is 5.32 Å². The lowest BCUT2D eigenvalue weighted by molar-refractivity contribution is -0.188. The van der Waals surface area contributed by atoms with Crippen LogP contribution in [-0.4, -0.2) is 25.9 Å². The average Bonchev–Trinajstić information content (AvgIpc) is 2.63. The van der Waals surface area contributed by atoms with Gasteiger partial charge in [0.05, 0.1) is 0 Å². The maximum atomic E-state index is 12.8. The van der Waals surface area contributed by atoms with Crippen molar-refractivity contribution in [2.75, 3.05) is 0 Å². The number of hydrogen-bond acceptors (Lipinski definition) is 1. The van der Waals surface area contributed by atoms with Crippen LogP contribution in [0.5, 0.6) is 0 Å². The number of carbonyl (C=O) groups is 1. The molecule has 5 aliphatic rings. The van der Waals surface area contributed by atoms with E-state index in [1.165, 1.54) is 123 Å². The summed E-state index contributed by atoms with van der Waals surface area (Å²) in [6, 6.07) is 0. The zero-order valence-electron chi connectivity index (χ0n) is 19.3. The van der Waals surface area contributed by atoms with Crippen molar-refractivity contribution in [2.45, 2.75) is 140 Å². The summed E-state index contributed by atoms with van der Waals surface area (Å²) in [5.74, 6) is 2.98. The van der Waals surface area contributed by atoms with Crippen LogP contribution in [0.15, 0.2) is 0 Å². The molecule has 0 aromatic rings. The quantitative estimate of drug-likeness (QED) is 0.520. The molecule has 0 heterocycles. The van der Waals surface area contributed by atoms with E-state index in [1.807, 2.05) is 0 Å². The third-order valence-electron chi connectivity index (χ3n) is 9.45. The second-order valence-electron chi connectivity index (χ2n) is 11.7. The Morgan fingerprint density at radius 2 is 1.24 bits per heavy atom. The summed E-state index contributed by atoms with van der Waals surface area (Å²) in [6.07, 6.45) is 24.9. The first-order valence-electron chi connectivity index (χ1n) is 13.4. The molecule has 0 atom stereocenters. The van der Waals surface area contributed by atoms with E-state index in [4.69, 9.17) is 0 Å². The van der Waals surface area contributed by atoms with Gasteiger partial charge in [-0.1, -0.05) is 102 Å². The van der Waals surface area contributed by atoms with Crippen LogP contribution in [0.1, 0.15) is 116 Å². The standard InChI is InChI=1S/C25H45B2NO/c1-26-21-15-9-11-20(12-10-16-21)24-17-25(18-24,19-24)28-23(29)27-22-13-7-5-3-2-4-6-8-14-22/h20-22,26-27H,2-19H2,1H3,(H,28,29). The Labute approximate surface area is 181 Å². The molecule has 4 heteroatoms. The number of rotatable bonds is 5. The predicted octanol–water partition coefficient (Wildman–Crippen LogP) is 6.61. The monoisotopic (exact) mass is 397 g/mol. The number of carbonyl (C=O) groups excluding carboxylic acids is 1. The van der Waals surface area contributed by atoms with Gasteiger partial charge in [0.2, 0.25) is 7.28 Å². The molecule has 0 aromatic carbocycles. The lowest BCUT2D eigenvalue weighted by atomic mass is 9.34. The summed E-state index contributed by atoms with van der Waals surface area (Å²) >= 11 is 0. The minimum absolute atomic E-state index is 0.224. The van der Waals surface area contributed by atoms with Crippen LogP contribution in [0, 0.1) is 11.3 Å². The highest BCUT2D eigenvalue weighted by atomic mass is 16.1. The predicted molar refractivity (Wildman–Crippen MR) is 128 cm³/mol. The van der Waals surface area contributed by atoms with E-state index in [9.17, 15) is 4.79 Å². The van der Waals surface area contributed by atoms with Gasteiger partial charge in [-0.25, -0.2) is 0 Å². The van der Waals surface area contributed by atoms with Crippen LogP contribution >= 0.6 is 0 Å². The van der Waals surface area contributed by atoms with Gasteiger partial charge in [0.15, 0.2) is 5.81 Å².